The summed E-state index contributed by atoms with van der Waals surface area (Å²) in [6.45, 7) is 4.59. The van der Waals surface area contributed by atoms with Gasteiger partial charge in [-0.2, -0.15) is 0 Å². The van der Waals surface area contributed by atoms with E-state index < -0.39 is 23.5 Å². The number of aryl methyl sites for hydroxylation is 2. The number of likely N-dealkylation sites (tertiary alicyclic amines) is 1. The van der Waals surface area contributed by atoms with Crippen molar-refractivity contribution < 1.29 is 19.1 Å². The second-order valence-corrected chi connectivity index (χ2v) is 7.67. The zero-order chi connectivity index (χ0) is 21.3. The van der Waals surface area contributed by atoms with Crippen LogP contribution in [0.5, 0.6) is 0 Å². The van der Waals surface area contributed by atoms with Crippen molar-refractivity contribution in [3.63, 3.8) is 0 Å². The molecule has 1 aliphatic heterocycles. The average molecular weight is 396 g/mol. The minimum absolute atomic E-state index is 0.0362. The highest BCUT2D eigenvalue weighted by Gasteiger charge is 2.46. The number of aliphatic hydroxyl groups is 1. The van der Waals surface area contributed by atoms with Crippen LogP contribution in [0, 0.1) is 19.7 Å². The van der Waals surface area contributed by atoms with E-state index in [2.05, 4.69) is 0 Å². The van der Waals surface area contributed by atoms with Crippen LogP contribution in [0.3, 0.4) is 0 Å². The van der Waals surface area contributed by atoms with Gasteiger partial charge in [-0.05, 0) is 57.3 Å². The van der Waals surface area contributed by atoms with Crippen LogP contribution in [0.25, 0.3) is 5.76 Å². The zero-order valence-electron chi connectivity index (χ0n) is 17.1. The first-order valence-corrected chi connectivity index (χ1v) is 9.47. The van der Waals surface area contributed by atoms with Crippen LogP contribution in [-0.4, -0.2) is 53.8 Å². The number of amides is 1. The second-order valence-electron chi connectivity index (χ2n) is 7.67. The number of carbonyl (C=O) groups excluding carboxylic acids is 2. The summed E-state index contributed by atoms with van der Waals surface area (Å²) in [5.74, 6) is -2.00. The van der Waals surface area contributed by atoms with Gasteiger partial charge in [0.05, 0.1) is 11.6 Å². The van der Waals surface area contributed by atoms with E-state index in [0.29, 0.717) is 24.2 Å². The minimum atomic E-state index is -0.768. The quantitative estimate of drug-likeness (QED) is 0.478. The summed E-state index contributed by atoms with van der Waals surface area (Å²) in [4.78, 5) is 29.1. The van der Waals surface area contributed by atoms with Crippen molar-refractivity contribution in [1.82, 2.24) is 9.80 Å². The SMILES string of the molecule is Cc1ccc(C)c(C(O)=C2C(=O)C(=O)N(CCN(C)C)[C@@H]2c2ccc(F)cc2)c1. The molecule has 5 nitrogen and oxygen atoms in total. The maximum absolute atomic E-state index is 13.5. The van der Waals surface area contributed by atoms with Gasteiger partial charge in [0.1, 0.15) is 11.6 Å². The Bertz CT molecular complexity index is 980. The molecule has 1 heterocycles. The van der Waals surface area contributed by atoms with E-state index in [1.165, 1.54) is 17.0 Å². The highest BCUT2D eigenvalue weighted by atomic mass is 19.1. The molecule has 152 valence electrons. The molecule has 6 heteroatoms. The molecule has 0 radical (unpaired) electrons. The lowest BCUT2D eigenvalue weighted by atomic mass is 9.93. The van der Waals surface area contributed by atoms with E-state index in [9.17, 15) is 19.1 Å². The third kappa shape index (κ3) is 4.07. The maximum Gasteiger partial charge on any atom is 0.295 e. The zero-order valence-corrected chi connectivity index (χ0v) is 17.1. The number of likely N-dealkylation sites (N-methyl/N-ethyl adjacent to an activating group) is 1. The summed E-state index contributed by atoms with van der Waals surface area (Å²) in [7, 11) is 3.75. The number of nitrogens with zero attached hydrogens (tertiary/aromatic N) is 2. The first kappa shape index (κ1) is 20.7. The molecule has 0 saturated carbocycles. The third-order valence-corrected chi connectivity index (χ3v) is 5.16. The molecule has 0 aromatic heterocycles. The molecule has 1 N–H and O–H groups in total. The number of carbonyl (C=O) groups is 2. The van der Waals surface area contributed by atoms with Gasteiger partial charge in [-0.15, -0.1) is 0 Å². The minimum Gasteiger partial charge on any atom is -0.507 e. The number of benzene rings is 2. The Morgan fingerprint density at radius 3 is 2.38 bits per heavy atom. The van der Waals surface area contributed by atoms with Gasteiger partial charge in [0, 0.05) is 18.7 Å². The molecule has 29 heavy (non-hydrogen) atoms. The fourth-order valence-corrected chi connectivity index (χ4v) is 3.55. The molecular formula is C23H25FN2O3. The van der Waals surface area contributed by atoms with Gasteiger partial charge in [-0.3, -0.25) is 9.59 Å². The highest BCUT2D eigenvalue weighted by molar-refractivity contribution is 6.46. The Morgan fingerprint density at radius 1 is 1.10 bits per heavy atom. The van der Waals surface area contributed by atoms with Crippen LogP contribution in [-0.2, 0) is 9.59 Å². The molecular weight excluding hydrogens is 371 g/mol. The second kappa shape index (κ2) is 8.17. The average Bonchev–Trinajstić information content (AvgIpc) is 2.93. The fourth-order valence-electron chi connectivity index (χ4n) is 3.55. The van der Waals surface area contributed by atoms with Crippen LogP contribution in [0.4, 0.5) is 4.39 Å². The smallest absolute Gasteiger partial charge is 0.295 e. The van der Waals surface area contributed by atoms with Crippen molar-refractivity contribution in [2.75, 3.05) is 27.2 Å². The third-order valence-electron chi connectivity index (χ3n) is 5.16. The van der Waals surface area contributed by atoms with Crippen LogP contribution < -0.4 is 0 Å². The number of hydrogen-bond acceptors (Lipinski definition) is 4. The van der Waals surface area contributed by atoms with E-state index in [1.54, 1.807) is 18.2 Å². The number of rotatable bonds is 5. The van der Waals surface area contributed by atoms with Crippen molar-refractivity contribution in [2.45, 2.75) is 19.9 Å². The molecule has 0 spiro atoms. The molecule has 2 aromatic rings. The Morgan fingerprint density at radius 2 is 1.76 bits per heavy atom. The van der Waals surface area contributed by atoms with Crippen LogP contribution in [0.2, 0.25) is 0 Å². The lowest BCUT2D eigenvalue weighted by Gasteiger charge is -2.26. The first-order chi connectivity index (χ1) is 13.7. The largest absolute Gasteiger partial charge is 0.507 e. The lowest BCUT2D eigenvalue weighted by molar-refractivity contribution is -0.140. The van der Waals surface area contributed by atoms with Crippen molar-refractivity contribution in [2.24, 2.45) is 0 Å². The fraction of sp³-hybridized carbons (Fsp3) is 0.304. The van der Waals surface area contributed by atoms with Gasteiger partial charge >= 0.3 is 0 Å². The van der Waals surface area contributed by atoms with Gasteiger partial charge in [-0.1, -0.05) is 29.8 Å². The van der Waals surface area contributed by atoms with Gasteiger partial charge in [0.25, 0.3) is 11.7 Å². The lowest BCUT2D eigenvalue weighted by Crippen LogP contribution is -2.35. The molecule has 0 unspecified atom stereocenters. The Hall–Kier alpha value is -2.99. The van der Waals surface area contributed by atoms with E-state index in [0.717, 1.165) is 11.1 Å². The summed E-state index contributed by atoms with van der Waals surface area (Å²) in [5, 5.41) is 11.1. The van der Waals surface area contributed by atoms with Crippen LogP contribution in [0.1, 0.15) is 28.3 Å². The monoisotopic (exact) mass is 396 g/mol. The van der Waals surface area contributed by atoms with Crippen LogP contribution in [0.15, 0.2) is 48.0 Å². The number of aliphatic hydroxyl groups excluding tert-OH is 1. The predicted octanol–water partition coefficient (Wildman–Crippen LogP) is 3.43. The van der Waals surface area contributed by atoms with Gasteiger partial charge in [0.2, 0.25) is 0 Å². The number of Topliss-reactive ketones (excluding diaryl/α,β-unsaturated/α-hetero) is 1. The van der Waals surface area contributed by atoms with E-state index in [-0.39, 0.29) is 11.3 Å². The number of hydrogen-bond donors (Lipinski definition) is 1. The molecule has 1 amide bonds. The summed E-state index contributed by atoms with van der Waals surface area (Å²) in [5.41, 5.74) is 2.86. The molecule has 3 rings (SSSR count). The van der Waals surface area contributed by atoms with Gasteiger partial charge < -0.3 is 14.9 Å². The van der Waals surface area contributed by atoms with Crippen molar-refractivity contribution in [3.05, 3.63) is 76.1 Å². The Kier molecular flexibility index (Phi) is 5.84. The number of ketones is 1. The van der Waals surface area contributed by atoms with Crippen molar-refractivity contribution in [3.8, 4) is 0 Å². The summed E-state index contributed by atoms with van der Waals surface area (Å²) in [6, 6.07) is 10.5. The highest BCUT2D eigenvalue weighted by Crippen LogP contribution is 2.39. The van der Waals surface area contributed by atoms with Crippen molar-refractivity contribution >= 4 is 17.4 Å². The summed E-state index contributed by atoms with van der Waals surface area (Å²) in [6.07, 6.45) is 0. The molecule has 1 atom stereocenters. The normalized spacial score (nSPS) is 18.7. The van der Waals surface area contributed by atoms with E-state index >= 15 is 0 Å². The van der Waals surface area contributed by atoms with Gasteiger partial charge in [0.15, 0.2) is 0 Å². The van der Waals surface area contributed by atoms with E-state index in [4.69, 9.17) is 0 Å². The maximum atomic E-state index is 13.5. The van der Waals surface area contributed by atoms with Crippen LogP contribution >= 0.6 is 0 Å². The Balaban J connectivity index is 2.19. The Labute approximate surface area is 170 Å². The summed E-state index contributed by atoms with van der Waals surface area (Å²) >= 11 is 0. The molecule has 1 fully saturated rings. The standard InChI is InChI=1S/C23H25FN2O3/c1-14-5-6-15(2)18(13-14)21(27)19-20(16-7-9-17(24)10-8-16)26(12-11-25(3)4)23(29)22(19)28/h5-10,13,20,27H,11-12H2,1-4H3/t20-/m1/s1. The molecule has 0 bridgehead atoms. The van der Waals surface area contributed by atoms with Gasteiger partial charge in [-0.25, -0.2) is 4.39 Å². The summed E-state index contributed by atoms with van der Waals surface area (Å²) < 4.78 is 13.5. The van der Waals surface area contributed by atoms with E-state index in [1.807, 2.05) is 45.0 Å². The predicted molar refractivity (Wildman–Crippen MR) is 110 cm³/mol. The molecule has 0 aliphatic carbocycles. The first-order valence-electron chi connectivity index (χ1n) is 9.47. The topological polar surface area (TPSA) is 60.9 Å². The number of halogens is 1. The molecule has 2 aromatic carbocycles. The molecule has 1 aliphatic rings. The molecule has 1 saturated heterocycles. The van der Waals surface area contributed by atoms with Crippen molar-refractivity contribution in [1.29, 1.82) is 0 Å².